The minimum absolute atomic E-state index is 0.0109. The summed E-state index contributed by atoms with van der Waals surface area (Å²) in [7, 11) is 0. The Morgan fingerprint density at radius 3 is 2.71 bits per heavy atom. The summed E-state index contributed by atoms with van der Waals surface area (Å²) in [4.78, 5) is 10.1. The van der Waals surface area contributed by atoms with E-state index in [1.165, 1.54) is 12.1 Å². The number of nitrogens with two attached hydrogens (primary N) is 1. The molecule has 0 radical (unpaired) electrons. The smallest absolute Gasteiger partial charge is 0.270 e. The average molecular weight is 231 g/mol. The SMILES string of the molecule is N=C(N)c1ccc(-c2cccc([N+](=O)[O-])c2)o1. The molecule has 86 valence electrons. The Kier molecular flexibility index (Phi) is 2.61. The van der Waals surface area contributed by atoms with E-state index in [4.69, 9.17) is 15.6 Å². The molecule has 1 heterocycles. The first kappa shape index (κ1) is 10.9. The maximum Gasteiger partial charge on any atom is 0.270 e. The number of non-ortho nitro benzene ring substituents is 1. The highest BCUT2D eigenvalue weighted by Crippen LogP contribution is 2.25. The van der Waals surface area contributed by atoms with Crippen LogP contribution in [-0.4, -0.2) is 10.8 Å². The van der Waals surface area contributed by atoms with Crippen molar-refractivity contribution in [2.45, 2.75) is 0 Å². The van der Waals surface area contributed by atoms with Crippen LogP contribution in [0, 0.1) is 15.5 Å². The van der Waals surface area contributed by atoms with Gasteiger partial charge in [0.15, 0.2) is 11.6 Å². The van der Waals surface area contributed by atoms with E-state index in [9.17, 15) is 10.1 Å². The van der Waals surface area contributed by atoms with E-state index in [1.807, 2.05) is 0 Å². The van der Waals surface area contributed by atoms with Gasteiger partial charge in [0.05, 0.1) is 4.92 Å². The van der Waals surface area contributed by atoms with Gasteiger partial charge < -0.3 is 10.2 Å². The number of furan rings is 1. The molecule has 0 amide bonds. The molecule has 2 rings (SSSR count). The van der Waals surface area contributed by atoms with Crippen molar-refractivity contribution in [3.05, 3.63) is 52.3 Å². The van der Waals surface area contributed by atoms with Crippen molar-refractivity contribution in [1.82, 2.24) is 0 Å². The molecule has 17 heavy (non-hydrogen) atoms. The third kappa shape index (κ3) is 2.15. The minimum atomic E-state index is -0.474. The van der Waals surface area contributed by atoms with Crippen LogP contribution in [0.4, 0.5) is 5.69 Å². The second-order valence-corrected chi connectivity index (χ2v) is 3.39. The number of nitrogens with zero attached hydrogens (tertiary/aromatic N) is 1. The van der Waals surface area contributed by atoms with Gasteiger partial charge in [-0.15, -0.1) is 0 Å². The Labute approximate surface area is 96.3 Å². The molecule has 0 spiro atoms. The van der Waals surface area contributed by atoms with Gasteiger partial charge in [0.1, 0.15) is 5.76 Å². The van der Waals surface area contributed by atoms with E-state index in [2.05, 4.69) is 0 Å². The van der Waals surface area contributed by atoms with Crippen molar-refractivity contribution >= 4 is 11.5 Å². The van der Waals surface area contributed by atoms with Gasteiger partial charge in [0.2, 0.25) is 0 Å². The molecule has 2 aromatic rings. The second-order valence-electron chi connectivity index (χ2n) is 3.39. The molecule has 0 saturated carbocycles. The molecule has 0 unspecified atom stereocenters. The lowest BCUT2D eigenvalue weighted by molar-refractivity contribution is -0.384. The summed E-state index contributed by atoms with van der Waals surface area (Å²) in [6, 6.07) is 9.24. The van der Waals surface area contributed by atoms with Crippen LogP contribution < -0.4 is 5.73 Å². The Bertz CT molecular complexity index is 589. The molecule has 0 aliphatic rings. The topological polar surface area (TPSA) is 106 Å². The summed E-state index contributed by atoms with van der Waals surface area (Å²) in [5.74, 6) is 0.507. The van der Waals surface area contributed by atoms with Crippen LogP contribution in [0.5, 0.6) is 0 Å². The molecule has 6 nitrogen and oxygen atoms in total. The largest absolute Gasteiger partial charge is 0.453 e. The molecular formula is C11H9N3O3. The number of amidine groups is 1. The van der Waals surface area contributed by atoms with Gasteiger partial charge in [-0.25, -0.2) is 0 Å². The molecule has 0 aliphatic heterocycles. The molecular weight excluding hydrogens is 222 g/mol. The zero-order valence-corrected chi connectivity index (χ0v) is 8.71. The van der Waals surface area contributed by atoms with Gasteiger partial charge in [-0.1, -0.05) is 12.1 Å². The van der Waals surface area contributed by atoms with Crippen LogP contribution in [0.2, 0.25) is 0 Å². The zero-order valence-electron chi connectivity index (χ0n) is 8.71. The van der Waals surface area contributed by atoms with E-state index in [0.29, 0.717) is 11.3 Å². The fraction of sp³-hybridized carbons (Fsp3) is 0. The van der Waals surface area contributed by atoms with Gasteiger partial charge >= 0.3 is 0 Å². The van der Waals surface area contributed by atoms with E-state index in [-0.39, 0.29) is 17.3 Å². The molecule has 1 aromatic carbocycles. The standard InChI is InChI=1S/C11H9N3O3/c12-11(13)10-5-4-9(17-10)7-2-1-3-8(6-7)14(15)16/h1-6H,(H3,12,13). The predicted molar refractivity (Wildman–Crippen MR) is 61.8 cm³/mol. The number of nitrogens with one attached hydrogen (secondary N) is 1. The lowest BCUT2D eigenvalue weighted by Gasteiger charge is -1.97. The van der Waals surface area contributed by atoms with E-state index < -0.39 is 4.92 Å². The van der Waals surface area contributed by atoms with Crippen molar-refractivity contribution in [3.63, 3.8) is 0 Å². The summed E-state index contributed by atoms with van der Waals surface area (Å²) in [5.41, 5.74) is 5.83. The maximum atomic E-state index is 10.6. The van der Waals surface area contributed by atoms with Crippen LogP contribution in [0.1, 0.15) is 5.76 Å². The number of benzene rings is 1. The molecule has 0 aliphatic carbocycles. The van der Waals surface area contributed by atoms with Crippen LogP contribution in [0.3, 0.4) is 0 Å². The predicted octanol–water partition coefficient (Wildman–Crippen LogP) is 2.14. The first-order valence-corrected chi connectivity index (χ1v) is 4.77. The lowest BCUT2D eigenvalue weighted by Crippen LogP contribution is -2.09. The van der Waals surface area contributed by atoms with Crippen molar-refractivity contribution in [1.29, 1.82) is 5.41 Å². The Morgan fingerprint density at radius 2 is 2.12 bits per heavy atom. The third-order valence-corrected chi connectivity index (χ3v) is 2.21. The molecule has 0 atom stereocenters. The van der Waals surface area contributed by atoms with E-state index >= 15 is 0 Å². The van der Waals surface area contributed by atoms with Gasteiger partial charge in [-0.2, -0.15) is 0 Å². The first-order valence-electron chi connectivity index (χ1n) is 4.77. The summed E-state index contributed by atoms with van der Waals surface area (Å²) in [6.07, 6.45) is 0. The summed E-state index contributed by atoms with van der Waals surface area (Å²) in [5, 5.41) is 17.8. The normalized spacial score (nSPS) is 10.1. The van der Waals surface area contributed by atoms with Crippen LogP contribution in [-0.2, 0) is 0 Å². The second kappa shape index (κ2) is 4.09. The maximum absolute atomic E-state index is 10.6. The summed E-state index contributed by atoms with van der Waals surface area (Å²) >= 11 is 0. The van der Waals surface area contributed by atoms with Gasteiger partial charge in [0.25, 0.3) is 5.69 Å². The Hall–Kier alpha value is -2.63. The lowest BCUT2D eigenvalue weighted by atomic mass is 10.1. The number of hydrogen-bond donors (Lipinski definition) is 2. The highest BCUT2D eigenvalue weighted by Gasteiger charge is 2.10. The Balaban J connectivity index is 2.42. The minimum Gasteiger partial charge on any atom is -0.453 e. The van der Waals surface area contributed by atoms with Crippen molar-refractivity contribution in [3.8, 4) is 11.3 Å². The molecule has 6 heteroatoms. The zero-order chi connectivity index (χ0) is 12.4. The summed E-state index contributed by atoms with van der Waals surface area (Å²) in [6.45, 7) is 0. The average Bonchev–Trinajstić information content (AvgIpc) is 2.78. The molecule has 3 N–H and O–H groups in total. The number of nitro benzene ring substituents is 1. The summed E-state index contributed by atoms with van der Waals surface area (Å²) < 4.78 is 5.29. The van der Waals surface area contributed by atoms with Crippen LogP contribution in [0.15, 0.2) is 40.8 Å². The quantitative estimate of drug-likeness (QED) is 0.365. The monoisotopic (exact) mass is 231 g/mol. The number of hydrogen-bond acceptors (Lipinski definition) is 4. The third-order valence-electron chi connectivity index (χ3n) is 2.21. The number of nitrogen functional groups attached to an aromatic ring is 1. The van der Waals surface area contributed by atoms with Gasteiger partial charge in [-0.05, 0) is 12.1 Å². The highest BCUT2D eigenvalue weighted by molar-refractivity contribution is 5.92. The van der Waals surface area contributed by atoms with E-state index in [1.54, 1.807) is 24.3 Å². The first-order chi connectivity index (χ1) is 8.08. The van der Waals surface area contributed by atoms with Crippen LogP contribution in [0.25, 0.3) is 11.3 Å². The Morgan fingerprint density at radius 1 is 1.35 bits per heavy atom. The molecule has 0 saturated heterocycles. The number of rotatable bonds is 3. The molecule has 0 bridgehead atoms. The van der Waals surface area contributed by atoms with Crippen LogP contribution >= 0.6 is 0 Å². The molecule has 1 aromatic heterocycles. The van der Waals surface area contributed by atoms with E-state index in [0.717, 1.165) is 0 Å². The van der Waals surface area contributed by atoms with Crippen molar-refractivity contribution in [2.75, 3.05) is 0 Å². The van der Waals surface area contributed by atoms with Gasteiger partial charge in [-0.3, -0.25) is 15.5 Å². The molecule has 0 fully saturated rings. The highest BCUT2D eigenvalue weighted by atomic mass is 16.6. The van der Waals surface area contributed by atoms with Crippen molar-refractivity contribution in [2.24, 2.45) is 5.73 Å². The fourth-order valence-electron chi connectivity index (χ4n) is 1.41. The van der Waals surface area contributed by atoms with Crippen molar-refractivity contribution < 1.29 is 9.34 Å². The number of nitro groups is 1. The fourth-order valence-corrected chi connectivity index (χ4v) is 1.41. The van der Waals surface area contributed by atoms with Gasteiger partial charge in [0, 0.05) is 17.7 Å².